The van der Waals surface area contributed by atoms with E-state index in [2.05, 4.69) is 25.4 Å². The molecule has 0 fully saturated rings. The molecule has 0 N–H and O–H groups in total. The first kappa shape index (κ1) is 14.3. The Bertz CT molecular complexity index is 522. The maximum Gasteiger partial charge on any atom is 0.573 e. The predicted octanol–water partition coefficient (Wildman–Crippen LogP) is 3.01. The second-order valence-electron chi connectivity index (χ2n) is 2.98. The van der Waals surface area contributed by atoms with Crippen LogP contribution >= 0.6 is 15.9 Å². The van der Waals surface area contributed by atoms with Crippen molar-refractivity contribution in [3.05, 3.63) is 27.7 Å². The second-order valence-corrected chi connectivity index (χ2v) is 3.83. The molecule has 8 heteroatoms. The van der Waals surface area contributed by atoms with Gasteiger partial charge >= 0.3 is 12.3 Å². The second kappa shape index (κ2) is 5.27. The first-order valence-corrected chi connectivity index (χ1v) is 5.15. The summed E-state index contributed by atoms with van der Waals surface area (Å²) in [6, 6.07) is 3.42. The van der Waals surface area contributed by atoms with E-state index in [9.17, 15) is 18.0 Å². The molecule has 0 unspecified atom stereocenters. The Morgan fingerprint density at radius 3 is 2.50 bits per heavy atom. The molecule has 1 aromatic carbocycles. The topological polar surface area (TPSA) is 59.3 Å². The molecule has 96 valence electrons. The molecule has 0 aromatic heterocycles. The number of carbonyl (C=O) groups excluding carboxylic acids is 1. The van der Waals surface area contributed by atoms with E-state index in [0.29, 0.717) is 0 Å². The highest BCUT2D eigenvalue weighted by atomic mass is 79.9. The van der Waals surface area contributed by atoms with E-state index in [1.54, 1.807) is 6.07 Å². The molecule has 1 rings (SSSR count). The smallest absolute Gasteiger partial charge is 0.465 e. The van der Waals surface area contributed by atoms with Gasteiger partial charge in [0.15, 0.2) is 0 Å². The van der Waals surface area contributed by atoms with Gasteiger partial charge in [-0.15, -0.1) is 13.2 Å². The Balaban J connectivity index is 3.32. The quantitative estimate of drug-likeness (QED) is 0.785. The lowest BCUT2D eigenvalue weighted by atomic mass is 10.1. The van der Waals surface area contributed by atoms with E-state index in [4.69, 9.17) is 5.26 Å². The van der Waals surface area contributed by atoms with Crippen LogP contribution in [0.5, 0.6) is 5.75 Å². The lowest BCUT2D eigenvalue weighted by molar-refractivity contribution is -0.274. The standard InChI is InChI=1S/C10H5BrF3NO3/c1-17-9(16)6-2-5(18-10(12,13)14)3-8(11)7(6)4-15/h2-3H,1H3. The third-order valence-electron chi connectivity index (χ3n) is 1.81. The zero-order chi connectivity index (χ0) is 13.9. The van der Waals surface area contributed by atoms with Crippen molar-refractivity contribution in [1.29, 1.82) is 5.26 Å². The van der Waals surface area contributed by atoms with Crippen LogP contribution in [-0.2, 0) is 4.74 Å². The van der Waals surface area contributed by atoms with Crippen molar-refractivity contribution in [3.8, 4) is 11.8 Å². The van der Waals surface area contributed by atoms with Crippen LogP contribution in [0.15, 0.2) is 16.6 Å². The molecule has 1 aromatic rings. The van der Waals surface area contributed by atoms with Crippen LogP contribution in [-0.4, -0.2) is 19.4 Å². The minimum absolute atomic E-state index is 0.00662. The fraction of sp³-hybridized carbons (Fsp3) is 0.200. The number of rotatable bonds is 2. The summed E-state index contributed by atoms with van der Waals surface area (Å²) < 4.78 is 44.2. The van der Waals surface area contributed by atoms with Gasteiger partial charge in [-0.3, -0.25) is 0 Å². The molecule has 0 atom stereocenters. The highest BCUT2D eigenvalue weighted by Crippen LogP contribution is 2.30. The van der Waals surface area contributed by atoms with Crippen LogP contribution in [0, 0.1) is 11.3 Å². The zero-order valence-corrected chi connectivity index (χ0v) is 10.4. The van der Waals surface area contributed by atoms with Gasteiger partial charge in [0, 0.05) is 4.47 Å². The van der Waals surface area contributed by atoms with Gasteiger partial charge in [0.05, 0.1) is 18.2 Å². The zero-order valence-electron chi connectivity index (χ0n) is 8.84. The normalized spacial score (nSPS) is 10.7. The van der Waals surface area contributed by atoms with Gasteiger partial charge < -0.3 is 9.47 Å². The Labute approximate surface area is 108 Å². The largest absolute Gasteiger partial charge is 0.573 e. The summed E-state index contributed by atoms with van der Waals surface area (Å²) in [7, 11) is 1.05. The van der Waals surface area contributed by atoms with E-state index in [1.807, 2.05) is 0 Å². The number of nitrogens with zero attached hydrogens (tertiary/aromatic N) is 1. The first-order chi connectivity index (χ1) is 8.28. The Hall–Kier alpha value is -1.75. The summed E-state index contributed by atoms with van der Waals surface area (Å²) in [5.41, 5.74) is -0.440. The molecule has 0 amide bonds. The minimum Gasteiger partial charge on any atom is -0.465 e. The van der Waals surface area contributed by atoms with Gasteiger partial charge in [-0.25, -0.2) is 4.79 Å². The van der Waals surface area contributed by atoms with Crippen LogP contribution in [0.25, 0.3) is 0 Å². The van der Waals surface area contributed by atoms with Crippen molar-refractivity contribution in [2.75, 3.05) is 7.11 Å². The summed E-state index contributed by atoms with van der Waals surface area (Å²) in [6.07, 6.45) is -4.89. The number of ether oxygens (including phenoxy) is 2. The molecule has 18 heavy (non-hydrogen) atoms. The fourth-order valence-electron chi connectivity index (χ4n) is 1.16. The van der Waals surface area contributed by atoms with E-state index in [0.717, 1.165) is 19.2 Å². The number of benzene rings is 1. The molecule has 0 aliphatic heterocycles. The number of methoxy groups -OCH3 is 1. The molecule has 0 spiro atoms. The molecular formula is C10H5BrF3NO3. The summed E-state index contributed by atoms with van der Waals surface area (Å²) in [5, 5.41) is 8.82. The summed E-state index contributed by atoms with van der Waals surface area (Å²) >= 11 is 2.89. The highest BCUT2D eigenvalue weighted by Gasteiger charge is 2.32. The van der Waals surface area contributed by atoms with Crippen LogP contribution in [0.1, 0.15) is 15.9 Å². The third-order valence-corrected chi connectivity index (χ3v) is 2.44. The third kappa shape index (κ3) is 3.37. The Morgan fingerprint density at radius 1 is 1.44 bits per heavy atom. The average molecular weight is 324 g/mol. The number of nitriles is 1. The number of alkyl halides is 3. The van der Waals surface area contributed by atoms with Crippen LogP contribution in [0.4, 0.5) is 13.2 Å². The number of hydrogen-bond acceptors (Lipinski definition) is 4. The summed E-state index contributed by atoms with van der Waals surface area (Å²) in [5.74, 6) is -1.55. The van der Waals surface area contributed by atoms with Gasteiger partial charge in [0.1, 0.15) is 11.8 Å². The molecule has 0 radical (unpaired) electrons. The van der Waals surface area contributed by atoms with E-state index in [-0.39, 0.29) is 15.6 Å². The van der Waals surface area contributed by atoms with Gasteiger partial charge in [0.2, 0.25) is 0 Å². The van der Waals surface area contributed by atoms with E-state index in [1.165, 1.54) is 0 Å². The molecule has 0 bridgehead atoms. The molecule has 0 aliphatic rings. The lowest BCUT2D eigenvalue weighted by Gasteiger charge is -2.11. The number of halogens is 4. The fourth-order valence-corrected chi connectivity index (χ4v) is 1.69. The van der Waals surface area contributed by atoms with Gasteiger partial charge in [-0.1, -0.05) is 0 Å². The Kier molecular flexibility index (Phi) is 4.19. The number of carbonyl (C=O) groups is 1. The van der Waals surface area contributed by atoms with E-state index >= 15 is 0 Å². The van der Waals surface area contributed by atoms with Gasteiger partial charge in [0.25, 0.3) is 0 Å². The molecule has 0 saturated heterocycles. The molecule has 0 aliphatic carbocycles. The van der Waals surface area contributed by atoms with Gasteiger partial charge in [-0.05, 0) is 28.1 Å². The van der Waals surface area contributed by atoms with Crippen molar-refractivity contribution >= 4 is 21.9 Å². The van der Waals surface area contributed by atoms with Crippen molar-refractivity contribution in [1.82, 2.24) is 0 Å². The first-order valence-electron chi connectivity index (χ1n) is 4.36. The molecule has 0 saturated carbocycles. The highest BCUT2D eigenvalue weighted by molar-refractivity contribution is 9.10. The monoisotopic (exact) mass is 323 g/mol. The Morgan fingerprint density at radius 2 is 2.06 bits per heavy atom. The number of esters is 1. The van der Waals surface area contributed by atoms with Crippen molar-refractivity contribution in [2.45, 2.75) is 6.36 Å². The number of hydrogen-bond donors (Lipinski definition) is 0. The molecule has 4 nitrogen and oxygen atoms in total. The summed E-state index contributed by atoms with van der Waals surface area (Å²) in [4.78, 5) is 11.3. The lowest BCUT2D eigenvalue weighted by Crippen LogP contribution is -2.18. The van der Waals surface area contributed by atoms with E-state index < -0.39 is 18.1 Å². The van der Waals surface area contributed by atoms with Crippen molar-refractivity contribution in [2.24, 2.45) is 0 Å². The van der Waals surface area contributed by atoms with Crippen molar-refractivity contribution in [3.63, 3.8) is 0 Å². The minimum atomic E-state index is -4.89. The summed E-state index contributed by atoms with van der Waals surface area (Å²) in [6.45, 7) is 0. The van der Waals surface area contributed by atoms with Crippen LogP contribution in [0.3, 0.4) is 0 Å². The predicted molar refractivity (Wildman–Crippen MR) is 56.9 cm³/mol. The van der Waals surface area contributed by atoms with Crippen LogP contribution in [0.2, 0.25) is 0 Å². The maximum atomic E-state index is 12.1. The van der Waals surface area contributed by atoms with Crippen molar-refractivity contribution < 1.29 is 27.4 Å². The average Bonchev–Trinajstić information content (AvgIpc) is 2.25. The molecule has 0 heterocycles. The maximum absolute atomic E-state index is 12.1. The van der Waals surface area contributed by atoms with Gasteiger partial charge in [-0.2, -0.15) is 5.26 Å². The SMILES string of the molecule is COC(=O)c1cc(OC(F)(F)F)cc(Br)c1C#N. The molecular weight excluding hydrogens is 319 g/mol. The van der Waals surface area contributed by atoms with Crippen LogP contribution < -0.4 is 4.74 Å².